The molecule has 12 heteroatoms. The molecule has 4 atom stereocenters. The summed E-state index contributed by atoms with van der Waals surface area (Å²) in [4.78, 5) is 72.0. The number of ether oxygens (including phenoxy) is 5. The third-order valence-electron chi connectivity index (χ3n) is 5.24. The lowest BCUT2D eigenvalue weighted by molar-refractivity contribution is -0.203. The molecule has 0 aliphatic rings. The van der Waals surface area contributed by atoms with E-state index in [1.54, 1.807) is 0 Å². The van der Waals surface area contributed by atoms with Gasteiger partial charge in [-0.2, -0.15) is 0 Å². The van der Waals surface area contributed by atoms with Gasteiger partial charge in [-0.25, -0.2) is 0 Å². The fourth-order valence-electron chi connectivity index (χ4n) is 3.67. The summed E-state index contributed by atoms with van der Waals surface area (Å²) in [6.45, 7) is 7.12. The Hall–Kier alpha value is -3.18. The molecule has 0 bridgehead atoms. The number of nitrogens with one attached hydrogen (secondary N) is 1. The van der Waals surface area contributed by atoms with Gasteiger partial charge >= 0.3 is 29.8 Å². The second-order valence-electron chi connectivity index (χ2n) is 8.89. The minimum absolute atomic E-state index is 0.261. The van der Waals surface area contributed by atoms with Gasteiger partial charge in [0.15, 0.2) is 18.3 Å². The van der Waals surface area contributed by atoms with E-state index in [9.17, 15) is 28.8 Å². The van der Waals surface area contributed by atoms with Gasteiger partial charge in [-0.05, 0) is 6.42 Å². The summed E-state index contributed by atoms with van der Waals surface area (Å²) in [6.07, 6.45) is 1.78. The lowest BCUT2D eigenvalue weighted by atomic mass is 10.0. The monoisotopic (exact) mass is 545 g/mol. The van der Waals surface area contributed by atoms with Crippen LogP contribution in [0.25, 0.3) is 0 Å². The summed E-state index contributed by atoms with van der Waals surface area (Å²) in [6, 6.07) is 0. The van der Waals surface area contributed by atoms with Crippen molar-refractivity contribution in [2.24, 2.45) is 0 Å². The highest BCUT2D eigenvalue weighted by Crippen LogP contribution is 2.20. The first-order chi connectivity index (χ1) is 17.9. The van der Waals surface area contributed by atoms with Crippen LogP contribution in [0, 0.1) is 0 Å². The van der Waals surface area contributed by atoms with Gasteiger partial charge in [-0.3, -0.25) is 28.8 Å². The third kappa shape index (κ3) is 16.5. The smallest absolute Gasteiger partial charge is 0.303 e. The van der Waals surface area contributed by atoms with E-state index in [0.717, 1.165) is 60.3 Å². The van der Waals surface area contributed by atoms with Crippen LogP contribution < -0.4 is 5.32 Å². The van der Waals surface area contributed by atoms with Gasteiger partial charge in [-0.15, -0.1) is 0 Å². The Morgan fingerprint density at radius 2 is 1.05 bits per heavy atom. The Morgan fingerprint density at radius 3 is 1.53 bits per heavy atom. The number of esters is 5. The summed E-state index contributed by atoms with van der Waals surface area (Å²) >= 11 is 0. The highest BCUT2D eigenvalue weighted by molar-refractivity contribution is 5.84. The predicted octanol–water partition coefficient (Wildman–Crippen LogP) is 2.53. The number of carbonyl (C=O) groups excluding carboxylic acids is 6. The molecule has 1 N–H and O–H groups in total. The number of unbranched alkanes of at least 4 members (excludes halogenated alkanes) is 7. The highest BCUT2D eigenvalue weighted by Gasteiger charge is 2.46. The SMILES string of the molecule is CCCCCCCCCCNC(=O)[C@@H](OC(C)=O)[C@H](OC(C)=O)[C@H](OC(C)=O)[C@@H](COC(C)=O)OC(C)=O. The first kappa shape index (κ1) is 34.8. The van der Waals surface area contributed by atoms with Crippen LogP contribution >= 0.6 is 0 Å². The van der Waals surface area contributed by atoms with Crippen molar-refractivity contribution in [3.63, 3.8) is 0 Å². The van der Waals surface area contributed by atoms with Crippen LogP contribution in [-0.4, -0.2) is 73.3 Å². The van der Waals surface area contributed by atoms with Crippen LogP contribution in [0.4, 0.5) is 0 Å². The molecule has 0 aromatic rings. The van der Waals surface area contributed by atoms with E-state index in [4.69, 9.17) is 23.7 Å². The molecule has 0 rings (SSSR count). The summed E-state index contributed by atoms with van der Waals surface area (Å²) < 4.78 is 25.8. The Labute approximate surface area is 224 Å². The van der Waals surface area contributed by atoms with Crippen molar-refractivity contribution in [2.45, 2.75) is 117 Å². The second kappa shape index (κ2) is 19.9. The van der Waals surface area contributed by atoms with Crippen LogP contribution in [0.3, 0.4) is 0 Å². The molecule has 0 unspecified atom stereocenters. The van der Waals surface area contributed by atoms with Gasteiger partial charge in [0.1, 0.15) is 6.61 Å². The number of hydrogen-bond acceptors (Lipinski definition) is 11. The molecule has 38 heavy (non-hydrogen) atoms. The van der Waals surface area contributed by atoms with Crippen molar-refractivity contribution < 1.29 is 52.5 Å². The molecule has 0 spiro atoms. The minimum atomic E-state index is -1.76. The zero-order valence-electron chi connectivity index (χ0n) is 23.4. The molecule has 1 amide bonds. The van der Waals surface area contributed by atoms with Crippen LogP contribution in [0.15, 0.2) is 0 Å². The maximum absolute atomic E-state index is 13.1. The molecule has 0 fully saturated rings. The average Bonchev–Trinajstić information content (AvgIpc) is 2.80. The lowest BCUT2D eigenvalue weighted by Gasteiger charge is -2.34. The Balaban J connectivity index is 5.77. The molecule has 0 aliphatic carbocycles. The first-order valence-electron chi connectivity index (χ1n) is 13.0. The first-order valence-corrected chi connectivity index (χ1v) is 13.0. The largest absolute Gasteiger partial charge is 0.462 e. The van der Waals surface area contributed by atoms with Crippen molar-refractivity contribution in [3.8, 4) is 0 Å². The quantitative estimate of drug-likeness (QED) is 0.144. The van der Waals surface area contributed by atoms with Gasteiger partial charge in [-0.1, -0.05) is 51.9 Å². The Bertz CT molecular complexity index is 783. The molecular formula is C26H43NO11. The average molecular weight is 546 g/mol. The van der Waals surface area contributed by atoms with E-state index in [-0.39, 0.29) is 6.54 Å². The normalized spacial score (nSPS) is 13.7. The van der Waals surface area contributed by atoms with Crippen molar-refractivity contribution >= 4 is 35.8 Å². The lowest BCUT2D eigenvalue weighted by Crippen LogP contribution is -2.57. The fraction of sp³-hybridized carbons (Fsp3) is 0.769. The topological polar surface area (TPSA) is 161 Å². The summed E-state index contributed by atoms with van der Waals surface area (Å²) in [5.74, 6) is -5.01. The molecule has 218 valence electrons. The summed E-state index contributed by atoms with van der Waals surface area (Å²) in [5, 5.41) is 2.65. The van der Waals surface area contributed by atoms with Crippen molar-refractivity contribution in [3.05, 3.63) is 0 Å². The van der Waals surface area contributed by atoms with E-state index >= 15 is 0 Å². The second-order valence-corrected chi connectivity index (χ2v) is 8.89. The van der Waals surface area contributed by atoms with Crippen LogP contribution in [0.5, 0.6) is 0 Å². The Kier molecular flexibility index (Phi) is 18.2. The van der Waals surface area contributed by atoms with Crippen LogP contribution in [0.2, 0.25) is 0 Å². The molecule has 0 saturated heterocycles. The van der Waals surface area contributed by atoms with Crippen LogP contribution in [0.1, 0.15) is 92.9 Å². The minimum Gasteiger partial charge on any atom is -0.462 e. The van der Waals surface area contributed by atoms with Gasteiger partial charge in [0.25, 0.3) is 5.91 Å². The van der Waals surface area contributed by atoms with Crippen molar-refractivity contribution in [1.29, 1.82) is 0 Å². The molecular weight excluding hydrogens is 502 g/mol. The Morgan fingerprint density at radius 1 is 0.579 bits per heavy atom. The number of carbonyl (C=O) groups is 6. The number of hydrogen-bond donors (Lipinski definition) is 1. The maximum Gasteiger partial charge on any atom is 0.303 e. The van der Waals surface area contributed by atoms with Gasteiger partial charge in [0, 0.05) is 41.2 Å². The maximum atomic E-state index is 13.1. The molecule has 0 radical (unpaired) electrons. The van der Waals surface area contributed by atoms with Crippen LogP contribution in [-0.2, 0) is 52.5 Å². The zero-order chi connectivity index (χ0) is 29.1. The van der Waals surface area contributed by atoms with Crippen molar-refractivity contribution in [2.75, 3.05) is 13.2 Å². The summed E-state index contributed by atoms with van der Waals surface area (Å²) in [7, 11) is 0. The molecule has 0 aromatic heterocycles. The van der Waals surface area contributed by atoms with E-state index in [0.29, 0.717) is 6.42 Å². The van der Waals surface area contributed by atoms with Gasteiger partial charge in [0.2, 0.25) is 6.10 Å². The number of amides is 1. The fourth-order valence-corrected chi connectivity index (χ4v) is 3.67. The van der Waals surface area contributed by atoms with E-state index in [2.05, 4.69) is 12.2 Å². The zero-order valence-corrected chi connectivity index (χ0v) is 23.4. The standard InChI is InChI=1S/C26H43NO11/c1-7-8-9-10-11-12-13-14-15-27-26(33)25(38-21(6)32)24(37-20(5)31)23(36-19(4)30)22(35-18(3)29)16-34-17(2)28/h22-25H,7-16H2,1-6H3,(H,27,33)/t22-,23-,24-,25+/m1/s1. The van der Waals surface area contributed by atoms with E-state index in [1.807, 2.05) is 0 Å². The molecule has 12 nitrogen and oxygen atoms in total. The van der Waals surface area contributed by atoms with Gasteiger partial charge in [0.05, 0.1) is 0 Å². The molecule has 0 saturated carbocycles. The number of rotatable bonds is 19. The highest BCUT2D eigenvalue weighted by atomic mass is 16.6. The van der Waals surface area contributed by atoms with E-state index < -0.39 is 66.8 Å². The molecule has 0 aromatic carbocycles. The van der Waals surface area contributed by atoms with Crippen molar-refractivity contribution in [1.82, 2.24) is 5.32 Å². The molecule has 0 heterocycles. The van der Waals surface area contributed by atoms with E-state index in [1.165, 1.54) is 19.3 Å². The molecule has 0 aliphatic heterocycles. The summed E-state index contributed by atoms with van der Waals surface area (Å²) in [5.41, 5.74) is 0. The van der Waals surface area contributed by atoms with Gasteiger partial charge < -0.3 is 29.0 Å². The third-order valence-corrected chi connectivity index (χ3v) is 5.24. The predicted molar refractivity (Wildman–Crippen MR) is 134 cm³/mol.